The lowest BCUT2D eigenvalue weighted by Crippen LogP contribution is -1.93. The van der Waals surface area contributed by atoms with Crippen LogP contribution in [0.4, 0.5) is 0 Å². The average molecular weight is 319 g/mol. The Morgan fingerprint density at radius 1 is 0.600 bits per heavy atom. The zero-order valence-electron chi connectivity index (χ0n) is 13.3. The van der Waals surface area contributed by atoms with E-state index in [-0.39, 0.29) is 0 Å². The summed E-state index contributed by atoms with van der Waals surface area (Å²) < 4.78 is 2.31. The maximum Gasteiger partial charge on any atom is 0.0949 e. The summed E-state index contributed by atoms with van der Waals surface area (Å²) in [5.74, 6) is 0. The average Bonchev–Trinajstić information content (AvgIpc) is 3.07. The number of hydrogen-bond acceptors (Lipinski definition) is 2. The Morgan fingerprint density at radius 3 is 2.44 bits per heavy atom. The van der Waals surface area contributed by atoms with E-state index in [1.807, 2.05) is 24.5 Å². The molecular weight excluding hydrogens is 306 g/mol. The molecule has 0 aliphatic carbocycles. The van der Waals surface area contributed by atoms with Gasteiger partial charge in [-0.1, -0.05) is 30.3 Å². The Balaban J connectivity index is 2.03. The highest BCUT2D eigenvalue weighted by Crippen LogP contribution is 2.34. The molecule has 0 bridgehead atoms. The van der Waals surface area contributed by atoms with Crippen molar-refractivity contribution in [3.8, 4) is 0 Å². The van der Waals surface area contributed by atoms with E-state index in [0.717, 1.165) is 21.9 Å². The van der Waals surface area contributed by atoms with E-state index < -0.39 is 0 Å². The number of rotatable bonds is 0. The van der Waals surface area contributed by atoms with Gasteiger partial charge < -0.3 is 4.40 Å². The largest absolute Gasteiger partial charge is 0.307 e. The van der Waals surface area contributed by atoms with Gasteiger partial charge in [-0.05, 0) is 36.4 Å². The molecule has 0 radical (unpaired) electrons. The fraction of sp³-hybridized carbons (Fsp3) is 0. The smallest absolute Gasteiger partial charge is 0.0949 e. The normalized spacial score (nSPS) is 12.0. The number of pyridine rings is 3. The molecule has 0 aliphatic rings. The van der Waals surface area contributed by atoms with Crippen LogP contribution in [0.2, 0.25) is 0 Å². The summed E-state index contributed by atoms with van der Waals surface area (Å²) in [6.45, 7) is 0. The molecule has 4 aromatic heterocycles. The van der Waals surface area contributed by atoms with Crippen LogP contribution in [0.1, 0.15) is 0 Å². The molecule has 0 fully saturated rings. The first-order valence-electron chi connectivity index (χ1n) is 8.35. The zero-order chi connectivity index (χ0) is 16.4. The molecule has 0 atom stereocenters. The predicted octanol–water partition coefficient (Wildman–Crippen LogP) is 5.34. The van der Waals surface area contributed by atoms with Crippen LogP contribution in [0.25, 0.3) is 49.1 Å². The van der Waals surface area contributed by atoms with Gasteiger partial charge in [0.2, 0.25) is 0 Å². The van der Waals surface area contributed by atoms with Crippen molar-refractivity contribution < 1.29 is 0 Å². The summed E-state index contributed by atoms with van der Waals surface area (Å²) in [6.07, 6.45) is 3.72. The fourth-order valence-corrected chi connectivity index (χ4v) is 3.93. The minimum Gasteiger partial charge on any atom is -0.307 e. The SMILES string of the molecule is c1cnc2cc3c(cc2c1)c1cccnc1c1cc2ccccc2n31. The van der Waals surface area contributed by atoms with Crippen molar-refractivity contribution in [2.24, 2.45) is 0 Å². The van der Waals surface area contributed by atoms with Crippen molar-refractivity contribution in [3.05, 3.63) is 79.1 Å². The summed E-state index contributed by atoms with van der Waals surface area (Å²) in [5.41, 5.74) is 5.56. The monoisotopic (exact) mass is 319 g/mol. The van der Waals surface area contributed by atoms with Crippen LogP contribution in [0.3, 0.4) is 0 Å². The highest BCUT2D eigenvalue weighted by Gasteiger charge is 2.13. The Hall–Kier alpha value is -3.46. The summed E-state index contributed by atoms with van der Waals surface area (Å²) in [5, 5.41) is 4.76. The lowest BCUT2D eigenvalue weighted by Gasteiger charge is -2.10. The number of para-hydroxylation sites is 1. The topological polar surface area (TPSA) is 30.2 Å². The third-order valence-corrected chi connectivity index (χ3v) is 5.01. The number of hydrogen-bond donors (Lipinski definition) is 0. The standard InChI is InChI=1S/C22H13N3/c1-2-8-19-15(5-1)12-21-22-16(7-4-10-24-22)17-11-14-6-3-9-23-18(14)13-20(17)25(19)21/h1-13H. The summed E-state index contributed by atoms with van der Waals surface area (Å²) in [6, 6.07) is 23.4. The van der Waals surface area contributed by atoms with Gasteiger partial charge in [0, 0.05) is 33.9 Å². The van der Waals surface area contributed by atoms with Gasteiger partial charge in [-0.15, -0.1) is 0 Å². The van der Waals surface area contributed by atoms with Crippen LogP contribution < -0.4 is 0 Å². The van der Waals surface area contributed by atoms with Gasteiger partial charge in [0.05, 0.1) is 27.6 Å². The lowest BCUT2D eigenvalue weighted by molar-refractivity contribution is 1.32. The second-order valence-corrected chi connectivity index (χ2v) is 6.39. The molecule has 2 aromatic carbocycles. The lowest BCUT2D eigenvalue weighted by atomic mass is 10.1. The minimum atomic E-state index is 1.01. The Bertz CT molecular complexity index is 1440. The van der Waals surface area contributed by atoms with E-state index in [0.29, 0.717) is 0 Å². The van der Waals surface area contributed by atoms with E-state index in [9.17, 15) is 0 Å². The van der Waals surface area contributed by atoms with E-state index in [2.05, 4.69) is 64.0 Å². The van der Waals surface area contributed by atoms with Crippen molar-refractivity contribution in [3.63, 3.8) is 0 Å². The van der Waals surface area contributed by atoms with Gasteiger partial charge >= 0.3 is 0 Å². The Morgan fingerprint density at radius 2 is 1.44 bits per heavy atom. The summed E-state index contributed by atoms with van der Waals surface area (Å²) in [4.78, 5) is 9.25. The third-order valence-electron chi connectivity index (χ3n) is 5.01. The van der Waals surface area contributed by atoms with Gasteiger partial charge in [0.1, 0.15) is 0 Å². The molecule has 6 rings (SSSR count). The number of aromatic nitrogens is 3. The molecule has 3 heteroatoms. The first-order chi connectivity index (χ1) is 12.4. The molecule has 0 spiro atoms. The molecular formula is C22H13N3. The van der Waals surface area contributed by atoms with Gasteiger partial charge in [-0.25, -0.2) is 0 Å². The van der Waals surface area contributed by atoms with E-state index in [4.69, 9.17) is 4.98 Å². The molecule has 116 valence electrons. The number of nitrogens with zero attached hydrogens (tertiary/aromatic N) is 3. The fourth-order valence-electron chi connectivity index (χ4n) is 3.93. The number of benzene rings is 2. The molecule has 0 saturated carbocycles. The Labute approximate surface area is 143 Å². The van der Waals surface area contributed by atoms with E-state index in [1.54, 1.807) is 0 Å². The summed E-state index contributed by atoms with van der Waals surface area (Å²) >= 11 is 0. The van der Waals surface area contributed by atoms with Crippen LogP contribution in [0.15, 0.2) is 79.1 Å². The van der Waals surface area contributed by atoms with Crippen LogP contribution in [-0.4, -0.2) is 14.4 Å². The van der Waals surface area contributed by atoms with Crippen molar-refractivity contribution in [1.29, 1.82) is 0 Å². The maximum absolute atomic E-state index is 4.70. The molecule has 25 heavy (non-hydrogen) atoms. The second kappa shape index (κ2) is 4.54. The van der Waals surface area contributed by atoms with Gasteiger partial charge in [0.25, 0.3) is 0 Å². The van der Waals surface area contributed by atoms with E-state index >= 15 is 0 Å². The van der Waals surface area contributed by atoms with Gasteiger partial charge in [-0.3, -0.25) is 9.97 Å². The first-order valence-corrected chi connectivity index (χ1v) is 8.35. The molecule has 0 amide bonds. The molecule has 3 nitrogen and oxygen atoms in total. The predicted molar refractivity (Wildman–Crippen MR) is 103 cm³/mol. The van der Waals surface area contributed by atoms with Crippen LogP contribution in [-0.2, 0) is 0 Å². The van der Waals surface area contributed by atoms with Crippen molar-refractivity contribution in [2.75, 3.05) is 0 Å². The quantitative estimate of drug-likeness (QED) is 0.279. The summed E-state index contributed by atoms with van der Waals surface area (Å²) in [7, 11) is 0. The van der Waals surface area contributed by atoms with Crippen molar-refractivity contribution in [1.82, 2.24) is 14.4 Å². The Kier molecular flexibility index (Phi) is 2.35. The molecule has 4 heterocycles. The third kappa shape index (κ3) is 1.64. The van der Waals surface area contributed by atoms with Crippen LogP contribution in [0.5, 0.6) is 0 Å². The molecule has 0 saturated heterocycles. The van der Waals surface area contributed by atoms with E-state index in [1.165, 1.54) is 27.2 Å². The second-order valence-electron chi connectivity index (χ2n) is 6.39. The molecule has 0 aliphatic heterocycles. The molecule has 0 N–H and O–H groups in total. The molecule has 0 unspecified atom stereocenters. The molecule has 6 aromatic rings. The number of fused-ring (bicyclic) bond motifs is 9. The van der Waals surface area contributed by atoms with Crippen molar-refractivity contribution >= 4 is 49.1 Å². The van der Waals surface area contributed by atoms with Gasteiger partial charge in [0.15, 0.2) is 0 Å². The van der Waals surface area contributed by atoms with Crippen LogP contribution in [0, 0.1) is 0 Å². The first kappa shape index (κ1) is 12.9. The van der Waals surface area contributed by atoms with Crippen molar-refractivity contribution in [2.45, 2.75) is 0 Å². The minimum absolute atomic E-state index is 1.01. The highest BCUT2D eigenvalue weighted by atomic mass is 14.9. The van der Waals surface area contributed by atoms with Crippen LogP contribution >= 0.6 is 0 Å². The zero-order valence-corrected chi connectivity index (χ0v) is 13.3. The van der Waals surface area contributed by atoms with Gasteiger partial charge in [-0.2, -0.15) is 0 Å². The highest BCUT2D eigenvalue weighted by molar-refractivity contribution is 6.16. The maximum atomic E-state index is 4.70.